The average molecular weight is 261 g/mol. The first-order valence-corrected chi connectivity index (χ1v) is 7.15. The Labute approximate surface area is 112 Å². The maximum Gasteiger partial charge on any atom is 0.147 e. The Morgan fingerprint density at radius 2 is 1.89 bits per heavy atom. The van der Waals surface area contributed by atoms with Crippen molar-refractivity contribution in [2.45, 2.75) is 32.6 Å². The van der Waals surface area contributed by atoms with E-state index >= 15 is 0 Å². The molecule has 1 aromatic carbocycles. The highest BCUT2D eigenvalue weighted by molar-refractivity contribution is 7.14. The minimum atomic E-state index is 0.564. The fourth-order valence-electron chi connectivity index (χ4n) is 1.74. The third-order valence-corrected chi connectivity index (χ3v) is 3.92. The summed E-state index contributed by atoms with van der Waals surface area (Å²) in [7, 11) is 0. The van der Waals surface area contributed by atoms with E-state index in [0.29, 0.717) is 12.5 Å². The number of rotatable bonds is 5. The van der Waals surface area contributed by atoms with Crippen LogP contribution in [0.15, 0.2) is 24.3 Å². The van der Waals surface area contributed by atoms with Crippen LogP contribution in [0.2, 0.25) is 0 Å². The van der Waals surface area contributed by atoms with Gasteiger partial charge in [0.05, 0.1) is 0 Å². The monoisotopic (exact) mass is 261 g/mol. The van der Waals surface area contributed by atoms with E-state index < -0.39 is 0 Å². The maximum atomic E-state index is 5.50. The Kier molecular flexibility index (Phi) is 4.44. The highest BCUT2D eigenvalue weighted by Gasteiger charge is 2.07. The largest absolute Gasteiger partial charge is 0.330 e. The highest BCUT2D eigenvalue weighted by atomic mass is 32.1. The third kappa shape index (κ3) is 3.15. The van der Waals surface area contributed by atoms with Crippen LogP contribution in [0.25, 0.3) is 10.6 Å². The van der Waals surface area contributed by atoms with Crippen LogP contribution in [-0.2, 0) is 6.42 Å². The number of nitrogens with zero attached hydrogens (tertiary/aromatic N) is 2. The maximum absolute atomic E-state index is 5.50. The number of aromatic nitrogens is 2. The summed E-state index contributed by atoms with van der Waals surface area (Å²) < 4.78 is 0. The number of hydrogen-bond acceptors (Lipinski definition) is 4. The van der Waals surface area contributed by atoms with E-state index in [9.17, 15) is 0 Å². The molecule has 2 aromatic rings. The van der Waals surface area contributed by atoms with Crippen molar-refractivity contribution < 1.29 is 0 Å². The van der Waals surface area contributed by atoms with Gasteiger partial charge >= 0.3 is 0 Å². The van der Waals surface area contributed by atoms with E-state index in [2.05, 4.69) is 48.3 Å². The van der Waals surface area contributed by atoms with Crippen molar-refractivity contribution in [3.63, 3.8) is 0 Å². The molecule has 0 aliphatic carbocycles. The molecule has 0 atom stereocenters. The molecule has 1 heterocycles. The van der Waals surface area contributed by atoms with Gasteiger partial charge in [0.1, 0.15) is 10.0 Å². The molecule has 0 bridgehead atoms. The van der Waals surface area contributed by atoms with Gasteiger partial charge in [0.2, 0.25) is 0 Å². The molecule has 0 aliphatic rings. The molecule has 0 fully saturated rings. The van der Waals surface area contributed by atoms with Gasteiger partial charge in [0.25, 0.3) is 0 Å². The summed E-state index contributed by atoms with van der Waals surface area (Å²) in [5.74, 6) is 0.564. The van der Waals surface area contributed by atoms with Gasteiger partial charge in [-0.1, -0.05) is 49.4 Å². The second-order valence-corrected chi connectivity index (χ2v) is 5.73. The molecule has 2 rings (SSSR count). The number of hydrogen-bond donors (Lipinski definition) is 1. The van der Waals surface area contributed by atoms with Crippen molar-refractivity contribution in [1.82, 2.24) is 10.2 Å². The number of nitrogens with two attached hydrogens (primary N) is 1. The molecule has 2 N–H and O–H groups in total. The minimum absolute atomic E-state index is 0.564. The van der Waals surface area contributed by atoms with Crippen LogP contribution in [0.4, 0.5) is 0 Å². The van der Waals surface area contributed by atoms with Gasteiger partial charge in [0.15, 0.2) is 0 Å². The summed E-state index contributed by atoms with van der Waals surface area (Å²) in [6.45, 7) is 5.10. The quantitative estimate of drug-likeness (QED) is 0.899. The predicted molar refractivity (Wildman–Crippen MR) is 76.8 cm³/mol. The molecule has 18 heavy (non-hydrogen) atoms. The van der Waals surface area contributed by atoms with Gasteiger partial charge in [-0.25, -0.2) is 0 Å². The standard InChI is InChI=1S/C14H19N3S/c1-10(2)11-5-7-12(8-6-11)14-17-16-13(18-14)4-3-9-15/h5-8,10H,3-4,9,15H2,1-2H3. The average Bonchev–Trinajstić information content (AvgIpc) is 2.85. The topological polar surface area (TPSA) is 51.8 Å². The van der Waals surface area contributed by atoms with Gasteiger partial charge in [-0.05, 0) is 24.4 Å². The van der Waals surface area contributed by atoms with E-state index in [1.807, 2.05) is 0 Å². The van der Waals surface area contributed by atoms with Crippen LogP contribution in [0.5, 0.6) is 0 Å². The van der Waals surface area contributed by atoms with Crippen molar-refractivity contribution in [2.75, 3.05) is 6.54 Å². The first kappa shape index (κ1) is 13.2. The predicted octanol–water partition coefficient (Wildman–Crippen LogP) is 3.22. The molecule has 0 radical (unpaired) electrons. The summed E-state index contributed by atoms with van der Waals surface area (Å²) in [5, 5.41) is 10.5. The van der Waals surface area contributed by atoms with Crippen molar-refractivity contribution in [2.24, 2.45) is 5.73 Å². The molecule has 0 spiro atoms. The highest BCUT2D eigenvalue weighted by Crippen LogP contribution is 2.25. The Balaban J connectivity index is 2.13. The zero-order valence-corrected chi connectivity index (χ0v) is 11.7. The molecule has 0 aliphatic heterocycles. The van der Waals surface area contributed by atoms with E-state index in [0.717, 1.165) is 28.4 Å². The number of aryl methyl sites for hydroxylation is 1. The Morgan fingerprint density at radius 1 is 1.17 bits per heavy atom. The fraction of sp³-hybridized carbons (Fsp3) is 0.429. The first-order valence-electron chi connectivity index (χ1n) is 6.33. The van der Waals surface area contributed by atoms with Crippen molar-refractivity contribution in [3.8, 4) is 10.6 Å². The van der Waals surface area contributed by atoms with E-state index in [1.54, 1.807) is 11.3 Å². The summed E-state index contributed by atoms with van der Waals surface area (Å²) in [5.41, 5.74) is 8.00. The SMILES string of the molecule is CC(C)c1ccc(-c2nnc(CCCN)s2)cc1. The van der Waals surface area contributed by atoms with Gasteiger partial charge in [-0.2, -0.15) is 0 Å². The second kappa shape index (κ2) is 6.07. The lowest BCUT2D eigenvalue weighted by Crippen LogP contribution is -1.99. The van der Waals surface area contributed by atoms with E-state index in [4.69, 9.17) is 5.73 Å². The second-order valence-electron chi connectivity index (χ2n) is 4.67. The summed E-state index contributed by atoms with van der Waals surface area (Å²) in [6.07, 6.45) is 1.90. The number of benzene rings is 1. The molecule has 3 nitrogen and oxygen atoms in total. The van der Waals surface area contributed by atoms with Crippen molar-refractivity contribution in [1.29, 1.82) is 0 Å². The molecule has 0 saturated carbocycles. The molecular formula is C14H19N3S. The van der Waals surface area contributed by atoms with Crippen molar-refractivity contribution >= 4 is 11.3 Å². The molecule has 96 valence electrons. The first-order chi connectivity index (χ1) is 8.70. The lowest BCUT2D eigenvalue weighted by molar-refractivity contribution is 0.812. The molecular weight excluding hydrogens is 242 g/mol. The zero-order valence-electron chi connectivity index (χ0n) is 10.9. The molecule has 0 saturated heterocycles. The van der Waals surface area contributed by atoms with Gasteiger partial charge < -0.3 is 5.73 Å². The molecule has 1 aromatic heterocycles. The van der Waals surface area contributed by atoms with Crippen LogP contribution in [0.1, 0.15) is 36.8 Å². The lowest BCUT2D eigenvalue weighted by atomic mass is 10.0. The van der Waals surface area contributed by atoms with E-state index in [-0.39, 0.29) is 0 Å². The minimum Gasteiger partial charge on any atom is -0.330 e. The van der Waals surface area contributed by atoms with Gasteiger partial charge in [-0.15, -0.1) is 10.2 Å². The summed E-state index contributed by atoms with van der Waals surface area (Å²) in [4.78, 5) is 0. The summed E-state index contributed by atoms with van der Waals surface area (Å²) in [6, 6.07) is 8.59. The molecule has 0 unspecified atom stereocenters. The zero-order chi connectivity index (χ0) is 13.0. The molecule has 0 amide bonds. The van der Waals surface area contributed by atoms with Gasteiger partial charge in [-0.3, -0.25) is 0 Å². The van der Waals surface area contributed by atoms with Gasteiger partial charge in [0, 0.05) is 12.0 Å². The Bertz CT molecular complexity index is 488. The molecule has 4 heteroatoms. The Hall–Kier alpha value is -1.26. The normalized spacial score (nSPS) is 11.1. The van der Waals surface area contributed by atoms with Crippen molar-refractivity contribution in [3.05, 3.63) is 34.8 Å². The Morgan fingerprint density at radius 3 is 2.50 bits per heavy atom. The smallest absolute Gasteiger partial charge is 0.147 e. The fourth-order valence-corrected chi connectivity index (χ4v) is 2.62. The van der Waals surface area contributed by atoms with Crippen LogP contribution < -0.4 is 5.73 Å². The van der Waals surface area contributed by atoms with Crippen LogP contribution in [0.3, 0.4) is 0 Å². The lowest BCUT2D eigenvalue weighted by Gasteiger charge is -2.04. The van der Waals surface area contributed by atoms with Crippen LogP contribution in [-0.4, -0.2) is 16.7 Å². The van der Waals surface area contributed by atoms with Crippen LogP contribution >= 0.6 is 11.3 Å². The van der Waals surface area contributed by atoms with Crippen LogP contribution in [0, 0.1) is 0 Å². The van der Waals surface area contributed by atoms with E-state index in [1.165, 1.54) is 5.56 Å². The summed E-state index contributed by atoms with van der Waals surface area (Å²) >= 11 is 1.66. The third-order valence-electron chi connectivity index (χ3n) is 2.89.